The lowest BCUT2D eigenvalue weighted by atomic mass is 9.67. The quantitative estimate of drug-likeness (QED) is 0.367. The lowest BCUT2D eigenvalue weighted by Gasteiger charge is -2.40. The van der Waals surface area contributed by atoms with E-state index in [2.05, 4.69) is 29.8 Å². The fraction of sp³-hybridized carbons (Fsp3) is 0.905. The molecule has 1 aliphatic rings. The lowest BCUT2D eigenvalue weighted by Crippen LogP contribution is -2.48. The Kier molecular flexibility index (Phi) is 10.6. The number of guanidine groups is 1. The van der Waals surface area contributed by atoms with Gasteiger partial charge in [0.2, 0.25) is 0 Å². The normalized spacial score (nSPS) is 17.4. The zero-order valence-corrected chi connectivity index (χ0v) is 18.8. The molecule has 0 aromatic heterocycles. The van der Waals surface area contributed by atoms with Crippen LogP contribution in [0.3, 0.4) is 0 Å². The summed E-state index contributed by atoms with van der Waals surface area (Å²) < 4.78 is 10.7. The van der Waals surface area contributed by atoms with Gasteiger partial charge in [0.15, 0.2) is 5.96 Å². The van der Waals surface area contributed by atoms with Crippen molar-refractivity contribution in [3.63, 3.8) is 0 Å². The van der Waals surface area contributed by atoms with Crippen molar-refractivity contribution >= 4 is 12.1 Å². The molecule has 1 amide bonds. The number of aliphatic imine (C=N–C) groups is 1. The smallest absolute Gasteiger partial charge is 0.407 e. The minimum atomic E-state index is -0.496. The zero-order chi connectivity index (χ0) is 21.0. The maximum atomic E-state index is 12.1. The van der Waals surface area contributed by atoms with E-state index in [4.69, 9.17) is 14.5 Å². The molecule has 0 saturated heterocycles. The molecule has 0 aromatic carbocycles. The SMILES string of the molecule is CCCC(CNC(=NCC1(CCOC)CCC1)NCC)NC(=O)OC(C)(C)C. The van der Waals surface area contributed by atoms with E-state index in [0.29, 0.717) is 6.54 Å². The van der Waals surface area contributed by atoms with Gasteiger partial charge >= 0.3 is 6.09 Å². The van der Waals surface area contributed by atoms with Gasteiger partial charge in [0.1, 0.15) is 5.60 Å². The van der Waals surface area contributed by atoms with Crippen molar-refractivity contribution in [3.8, 4) is 0 Å². The van der Waals surface area contributed by atoms with Crippen LogP contribution in [0.15, 0.2) is 4.99 Å². The Labute approximate surface area is 171 Å². The number of ether oxygens (including phenoxy) is 2. The molecule has 0 spiro atoms. The van der Waals surface area contributed by atoms with Gasteiger partial charge in [0.05, 0.1) is 0 Å². The summed E-state index contributed by atoms with van der Waals surface area (Å²) >= 11 is 0. The van der Waals surface area contributed by atoms with Crippen molar-refractivity contribution in [1.82, 2.24) is 16.0 Å². The van der Waals surface area contributed by atoms with Crippen LogP contribution in [-0.2, 0) is 9.47 Å². The predicted octanol–water partition coefficient (Wildman–Crippen LogP) is 3.44. The van der Waals surface area contributed by atoms with Crippen LogP contribution in [0, 0.1) is 5.41 Å². The number of hydrogen-bond donors (Lipinski definition) is 3. The monoisotopic (exact) mass is 398 g/mol. The van der Waals surface area contributed by atoms with Gasteiger partial charge in [-0.1, -0.05) is 19.8 Å². The maximum absolute atomic E-state index is 12.1. The number of rotatable bonds is 11. The molecule has 1 rings (SSSR count). The standard InChI is InChI=1S/C21H42N4O3/c1-7-10-17(25-19(26)28-20(3,4)5)15-23-18(22-8-2)24-16-21(11-9-12-21)13-14-27-6/h17H,7-16H2,1-6H3,(H,25,26)(H2,22,23,24). The van der Waals surface area contributed by atoms with E-state index in [0.717, 1.165) is 44.9 Å². The van der Waals surface area contributed by atoms with Crippen LogP contribution >= 0.6 is 0 Å². The third-order valence-corrected chi connectivity index (χ3v) is 5.04. The fourth-order valence-electron chi connectivity index (χ4n) is 3.34. The van der Waals surface area contributed by atoms with Gasteiger partial charge in [-0.2, -0.15) is 0 Å². The molecule has 0 aliphatic heterocycles. The van der Waals surface area contributed by atoms with Gasteiger partial charge in [-0.25, -0.2) is 4.79 Å². The van der Waals surface area contributed by atoms with E-state index in [1.165, 1.54) is 19.3 Å². The minimum absolute atomic E-state index is 0.00476. The molecule has 28 heavy (non-hydrogen) atoms. The van der Waals surface area contributed by atoms with Crippen LogP contribution in [-0.4, -0.2) is 57.0 Å². The summed E-state index contributed by atoms with van der Waals surface area (Å²) in [5.74, 6) is 0.804. The molecule has 164 valence electrons. The van der Waals surface area contributed by atoms with E-state index < -0.39 is 5.60 Å². The summed E-state index contributed by atoms with van der Waals surface area (Å²) in [5.41, 5.74) is -0.208. The fourth-order valence-corrected chi connectivity index (χ4v) is 3.34. The number of methoxy groups -OCH3 is 1. The molecule has 1 fully saturated rings. The first kappa shape index (κ1) is 24.5. The highest BCUT2D eigenvalue weighted by Crippen LogP contribution is 2.44. The van der Waals surface area contributed by atoms with Crippen LogP contribution in [0.25, 0.3) is 0 Å². The van der Waals surface area contributed by atoms with Crippen molar-refractivity contribution in [3.05, 3.63) is 0 Å². The van der Waals surface area contributed by atoms with Crippen LogP contribution in [0.5, 0.6) is 0 Å². The van der Waals surface area contributed by atoms with E-state index in [1.807, 2.05) is 20.8 Å². The van der Waals surface area contributed by atoms with E-state index in [9.17, 15) is 4.79 Å². The molecule has 0 bridgehead atoms. The van der Waals surface area contributed by atoms with Gasteiger partial charge in [-0.15, -0.1) is 0 Å². The third kappa shape index (κ3) is 9.62. The van der Waals surface area contributed by atoms with Crippen LogP contribution in [0.2, 0.25) is 0 Å². The molecule has 0 aromatic rings. The van der Waals surface area contributed by atoms with Crippen molar-refractivity contribution in [2.75, 3.05) is 33.4 Å². The first-order valence-electron chi connectivity index (χ1n) is 10.7. The Morgan fingerprint density at radius 1 is 1.21 bits per heavy atom. The summed E-state index contributed by atoms with van der Waals surface area (Å²) in [6.07, 6.45) is 6.27. The number of carbonyl (C=O) groups is 1. The molecule has 1 unspecified atom stereocenters. The van der Waals surface area contributed by atoms with Crippen molar-refractivity contribution in [1.29, 1.82) is 0 Å². The highest BCUT2D eigenvalue weighted by molar-refractivity contribution is 5.80. The van der Waals surface area contributed by atoms with Gasteiger partial charge in [0.25, 0.3) is 0 Å². The molecule has 1 aliphatic carbocycles. The Hall–Kier alpha value is -1.50. The Morgan fingerprint density at radius 3 is 2.43 bits per heavy atom. The molecule has 7 heteroatoms. The largest absolute Gasteiger partial charge is 0.444 e. The van der Waals surface area contributed by atoms with Crippen molar-refractivity contribution < 1.29 is 14.3 Å². The van der Waals surface area contributed by atoms with Crippen molar-refractivity contribution in [2.24, 2.45) is 10.4 Å². The Morgan fingerprint density at radius 2 is 1.93 bits per heavy atom. The second-order valence-electron chi connectivity index (χ2n) is 8.80. The number of hydrogen-bond acceptors (Lipinski definition) is 4. The van der Waals surface area contributed by atoms with Gasteiger partial charge in [-0.05, 0) is 58.8 Å². The number of nitrogens with one attached hydrogen (secondary N) is 3. The van der Waals surface area contributed by atoms with E-state index in [-0.39, 0.29) is 17.6 Å². The van der Waals surface area contributed by atoms with Gasteiger partial charge < -0.3 is 25.4 Å². The minimum Gasteiger partial charge on any atom is -0.444 e. The molecular weight excluding hydrogens is 356 g/mol. The average Bonchev–Trinajstić information content (AvgIpc) is 2.56. The van der Waals surface area contributed by atoms with Crippen LogP contribution < -0.4 is 16.0 Å². The highest BCUT2D eigenvalue weighted by Gasteiger charge is 2.36. The summed E-state index contributed by atoms with van der Waals surface area (Å²) in [7, 11) is 1.76. The molecule has 1 atom stereocenters. The summed E-state index contributed by atoms with van der Waals surface area (Å²) in [6.45, 7) is 12.8. The second-order valence-corrected chi connectivity index (χ2v) is 8.80. The van der Waals surface area contributed by atoms with Crippen LogP contribution in [0.4, 0.5) is 4.79 Å². The predicted molar refractivity (Wildman–Crippen MR) is 115 cm³/mol. The zero-order valence-electron chi connectivity index (χ0n) is 18.8. The number of nitrogens with zero attached hydrogens (tertiary/aromatic N) is 1. The lowest BCUT2D eigenvalue weighted by molar-refractivity contribution is 0.0502. The molecule has 7 nitrogen and oxygen atoms in total. The number of alkyl carbamates (subject to hydrolysis) is 1. The molecule has 1 saturated carbocycles. The van der Waals surface area contributed by atoms with E-state index >= 15 is 0 Å². The first-order chi connectivity index (χ1) is 13.2. The van der Waals surface area contributed by atoms with Gasteiger partial charge in [0, 0.05) is 39.4 Å². The highest BCUT2D eigenvalue weighted by atomic mass is 16.6. The molecule has 0 radical (unpaired) electrons. The van der Waals surface area contributed by atoms with Gasteiger partial charge in [-0.3, -0.25) is 4.99 Å². The maximum Gasteiger partial charge on any atom is 0.407 e. The second kappa shape index (κ2) is 12.1. The average molecular weight is 399 g/mol. The summed E-state index contributed by atoms with van der Waals surface area (Å²) in [5, 5.41) is 9.67. The first-order valence-corrected chi connectivity index (χ1v) is 10.7. The number of amides is 1. The summed E-state index contributed by atoms with van der Waals surface area (Å²) in [6, 6.07) is -0.00476. The van der Waals surface area contributed by atoms with Crippen molar-refractivity contribution in [2.45, 2.75) is 84.8 Å². The molecule has 3 N–H and O–H groups in total. The summed E-state index contributed by atoms with van der Waals surface area (Å²) in [4.78, 5) is 16.9. The Bertz CT molecular complexity index is 485. The molecular formula is C21H42N4O3. The number of carbonyl (C=O) groups excluding carboxylic acids is 1. The third-order valence-electron chi connectivity index (χ3n) is 5.04. The Balaban J connectivity index is 2.60. The topological polar surface area (TPSA) is 84.0 Å². The van der Waals surface area contributed by atoms with Crippen LogP contribution in [0.1, 0.15) is 73.1 Å². The molecule has 0 heterocycles. The van der Waals surface area contributed by atoms with E-state index in [1.54, 1.807) is 7.11 Å².